The summed E-state index contributed by atoms with van der Waals surface area (Å²) in [5, 5.41) is 0. The Bertz CT molecular complexity index is 304. The molecule has 3 heteroatoms. The average molecular weight is 254 g/mol. The van der Waals surface area contributed by atoms with Gasteiger partial charge in [-0.3, -0.25) is 0 Å². The Balaban J connectivity index is 1.70. The van der Waals surface area contributed by atoms with E-state index in [4.69, 9.17) is 9.47 Å². The van der Waals surface area contributed by atoms with Gasteiger partial charge < -0.3 is 9.47 Å². The fourth-order valence-corrected chi connectivity index (χ4v) is 2.57. The van der Waals surface area contributed by atoms with Crippen LogP contribution in [0.2, 0.25) is 0 Å². The van der Waals surface area contributed by atoms with E-state index in [9.17, 15) is 4.39 Å². The summed E-state index contributed by atoms with van der Waals surface area (Å²) in [6.07, 6.45) is 10.2. The molecule has 1 saturated heterocycles. The lowest BCUT2D eigenvalue weighted by atomic mass is 9.92. The Morgan fingerprint density at radius 3 is 2.78 bits per heavy atom. The van der Waals surface area contributed by atoms with E-state index in [2.05, 4.69) is 12.2 Å². The first kappa shape index (κ1) is 13.8. The molecule has 0 N–H and O–H groups in total. The molecule has 1 aliphatic heterocycles. The second kappa shape index (κ2) is 7.05. The quantitative estimate of drug-likeness (QED) is 0.706. The van der Waals surface area contributed by atoms with Crippen LogP contribution in [0.4, 0.5) is 4.39 Å². The standard InChI is InChI=1S/C15H23FO2/c1-2-3-4-5-12-10-17-15(18-11-12)13-6-8-14(16)9-7-13/h2-3,8,12-13,15H,4-7,9-11H2,1H3. The monoisotopic (exact) mass is 254 g/mol. The van der Waals surface area contributed by atoms with E-state index in [1.54, 1.807) is 6.08 Å². The van der Waals surface area contributed by atoms with Crippen LogP contribution in [0.1, 0.15) is 39.0 Å². The number of ether oxygens (including phenoxy) is 2. The summed E-state index contributed by atoms with van der Waals surface area (Å²) in [6, 6.07) is 0. The van der Waals surface area contributed by atoms with Crippen molar-refractivity contribution in [1.29, 1.82) is 0 Å². The third kappa shape index (κ3) is 3.92. The molecule has 0 bridgehead atoms. The molecule has 0 spiro atoms. The highest BCUT2D eigenvalue weighted by atomic mass is 19.1. The molecule has 18 heavy (non-hydrogen) atoms. The lowest BCUT2D eigenvalue weighted by Crippen LogP contribution is -2.37. The normalized spacial score (nSPS) is 33.7. The number of hydrogen-bond acceptors (Lipinski definition) is 2. The topological polar surface area (TPSA) is 18.5 Å². The van der Waals surface area contributed by atoms with Crippen molar-refractivity contribution in [3.05, 3.63) is 24.1 Å². The molecule has 0 aromatic heterocycles. The van der Waals surface area contributed by atoms with Crippen LogP contribution in [0, 0.1) is 11.8 Å². The molecule has 0 aromatic carbocycles. The summed E-state index contributed by atoms with van der Waals surface area (Å²) in [4.78, 5) is 0. The molecular formula is C15H23FO2. The minimum atomic E-state index is -0.118. The number of halogens is 1. The fraction of sp³-hybridized carbons (Fsp3) is 0.733. The van der Waals surface area contributed by atoms with E-state index < -0.39 is 0 Å². The highest BCUT2D eigenvalue weighted by Gasteiger charge is 2.30. The van der Waals surface area contributed by atoms with E-state index >= 15 is 0 Å². The summed E-state index contributed by atoms with van der Waals surface area (Å²) < 4.78 is 24.5. The number of hydrogen-bond donors (Lipinski definition) is 0. The highest BCUT2D eigenvalue weighted by molar-refractivity contribution is 4.98. The second-order valence-corrected chi connectivity index (χ2v) is 5.23. The van der Waals surface area contributed by atoms with Gasteiger partial charge in [0.15, 0.2) is 6.29 Å². The van der Waals surface area contributed by atoms with Gasteiger partial charge in [-0.2, -0.15) is 0 Å². The molecule has 0 aromatic rings. The first-order valence-corrected chi connectivity index (χ1v) is 6.98. The molecule has 1 atom stereocenters. The molecule has 1 heterocycles. The van der Waals surface area contributed by atoms with E-state index in [0.29, 0.717) is 18.3 Å². The predicted molar refractivity (Wildman–Crippen MR) is 69.8 cm³/mol. The average Bonchev–Trinajstić information content (AvgIpc) is 2.41. The molecule has 1 unspecified atom stereocenters. The van der Waals surface area contributed by atoms with Gasteiger partial charge in [0.05, 0.1) is 19.0 Å². The lowest BCUT2D eigenvalue weighted by molar-refractivity contribution is -0.226. The van der Waals surface area contributed by atoms with Crippen LogP contribution in [0.25, 0.3) is 0 Å². The summed E-state index contributed by atoms with van der Waals surface area (Å²) in [6.45, 7) is 3.61. The van der Waals surface area contributed by atoms with Crippen molar-refractivity contribution in [3.8, 4) is 0 Å². The van der Waals surface area contributed by atoms with Crippen LogP contribution in [0.5, 0.6) is 0 Å². The first-order chi connectivity index (χ1) is 8.79. The van der Waals surface area contributed by atoms with E-state index in [0.717, 1.165) is 38.9 Å². The maximum atomic E-state index is 12.9. The van der Waals surface area contributed by atoms with Crippen molar-refractivity contribution in [2.24, 2.45) is 11.8 Å². The Hall–Kier alpha value is -0.670. The van der Waals surface area contributed by atoms with Crippen molar-refractivity contribution in [1.82, 2.24) is 0 Å². The van der Waals surface area contributed by atoms with E-state index in [1.807, 2.05) is 6.92 Å². The fourth-order valence-electron chi connectivity index (χ4n) is 2.57. The highest BCUT2D eigenvalue weighted by Crippen LogP contribution is 2.31. The third-order valence-corrected chi connectivity index (χ3v) is 3.75. The van der Waals surface area contributed by atoms with E-state index in [-0.39, 0.29) is 12.1 Å². The SMILES string of the molecule is CC=CCCC1COC(C2CC=C(F)CC2)OC1. The van der Waals surface area contributed by atoms with Crippen LogP contribution in [-0.2, 0) is 9.47 Å². The molecular weight excluding hydrogens is 231 g/mol. The van der Waals surface area contributed by atoms with Gasteiger partial charge >= 0.3 is 0 Å². The molecule has 1 fully saturated rings. The summed E-state index contributed by atoms with van der Waals surface area (Å²) in [5.41, 5.74) is 0. The molecule has 2 aliphatic rings. The van der Waals surface area contributed by atoms with Gasteiger partial charge in [-0.1, -0.05) is 18.2 Å². The zero-order valence-corrected chi connectivity index (χ0v) is 11.1. The largest absolute Gasteiger partial charge is 0.352 e. The van der Waals surface area contributed by atoms with Gasteiger partial charge in [0.2, 0.25) is 0 Å². The van der Waals surface area contributed by atoms with Gasteiger partial charge in [0.1, 0.15) is 0 Å². The van der Waals surface area contributed by atoms with Crippen LogP contribution < -0.4 is 0 Å². The van der Waals surface area contributed by atoms with Crippen molar-refractivity contribution in [2.45, 2.75) is 45.3 Å². The summed E-state index contributed by atoms with van der Waals surface area (Å²) in [7, 11) is 0. The van der Waals surface area contributed by atoms with Gasteiger partial charge in [0.25, 0.3) is 0 Å². The zero-order valence-electron chi connectivity index (χ0n) is 11.1. The summed E-state index contributed by atoms with van der Waals surface area (Å²) >= 11 is 0. The Kier molecular flexibility index (Phi) is 5.39. The van der Waals surface area contributed by atoms with Crippen molar-refractivity contribution in [3.63, 3.8) is 0 Å². The van der Waals surface area contributed by atoms with Crippen molar-refractivity contribution in [2.75, 3.05) is 13.2 Å². The second-order valence-electron chi connectivity index (χ2n) is 5.23. The lowest BCUT2D eigenvalue weighted by Gasteiger charge is -2.34. The predicted octanol–water partition coefficient (Wildman–Crippen LogP) is 3.99. The van der Waals surface area contributed by atoms with Crippen molar-refractivity contribution < 1.29 is 13.9 Å². The first-order valence-electron chi connectivity index (χ1n) is 6.98. The molecule has 0 saturated carbocycles. The van der Waals surface area contributed by atoms with Gasteiger partial charge in [-0.05, 0) is 39.0 Å². The smallest absolute Gasteiger partial charge is 0.160 e. The Morgan fingerprint density at radius 2 is 2.17 bits per heavy atom. The maximum Gasteiger partial charge on any atom is 0.160 e. The maximum absolute atomic E-state index is 12.9. The molecule has 2 nitrogen and oxygen atoms in total. The van der Waals surface area contributed by atoms with Crippen LogP contribution in [0.15, 0.2) is 24.1 Å². The molecule has 0 amide bonds. The Labute approximate surface area is 109 Å². The van der Waals surface area contributed by atoms with Gasteiger partial charge in [0, 0.05) is 11.8 Å². The number of allylic oxidation sites excluding steroid dienone is 4. The zero-order chi connectivity index (χ0) is 12.8. The third-order valence-electron chi connectivity index (χ3n) is 3.75. The molecule has 2 rings (SSSR count). The van der Waals surface area contributed by atoms with Gasteiger partial charge in [-0.15, -0.1) is 0 Å². The molecule has 102 valence electrons. The Morgan fingerprint density at radius 1 is 1.39 bits per heavy atom. The van der Waals surface area contributed by atoms with Crippen LogP contribution >= 0.6 is 0 Å². The van der Waals surface area contributed by atoms with E-state index in [1.165, 1.54) is 0 Å². The number of rotatable bonds is 4. The van der Waals surface area contributed by atoms with Gasteiger partial charge in [-0.25, -0.2) is 4.39 Å². The summed E-state index contributed by atoms with van der Waals surface area (Å²) in [5.74, 6) is 0.862. The molecule has 1 aliphatic carbocycles. The van der Waals surface area contributed by atoms with Crippen molar-refractivity contribution >= 4 is 0 Å². The van der Waals surface area contributed by atoms with Crippen LogP contribution in [-0.4, -0.2) is 19.5 Å². The minimum absolute atomic E-state index is 0.0197. The van der Waals surface area contributed by atoms with Crippen LogP contribution in [0.3, 0.4) is 0 Å². The minimum Gasteiger partial charge on any atom is -0.352 e. The molecule has 0 radical (unpaired) electrons.